The normalized spacial score (nSPS) is 20.6. The van der Waals surface area contributed by atoms with Gasteiger partial charge in [0.15, 0.2) is 6.29 Å². The van der Waals surface area contributed by atoms with Crippen LogP contribution in [0, 0.1) is 0 Å². The van der Waals surface area contributed by atoms with Crippen molar-refractivity contribution >= 4 is 29.0 Å². The number of carbonyl (C=O) groups excluding carboxylic acids is 1. The molecule has 4 nitrogen and oxygen atoms in total. The largest absolute Gasteiger partial charge is 0.465 e. The summed E-state index contributed by atoms with van der Waals surface area (Å²) in [6.45, 7) is 10.8. The van der Waals surface area contributed by atoms with Gasteiger partial charge in [0.25, 0.3) is 0 Å². The molecule has 0 radical (unpaired) electrons. The number of fused-ring (bicyclic) bond motifs is 1. The average molecular weight is 455 g/mol. The molecule has 4 rings (SSSR count). The first-order valence-electron chi connectivity index (χ1n) is 11.5. The van der Waals surface area contributed by atoms with Crippen LogP contribution < -0.4 is 0 Å². The monoisotopic (exact) mass is 454 g/mol. The van der Waals surface area contributed by atoms with Gasteiger partial charge in [-0.1, -0.05) is 52.0 Å². The highest BCUT2D eigenvalue weighted by atomic mass is 32.1. The third kappa shape index (κ3) is 4.85. The Morgan fingerprint density at radius 2 is 1.69 bits per heavy atom. The lowest BCUT2D eigenvalue weighted by molar-refractivity contribution is -0.174. The first kappa shape index (κ1) is 23.2. The van der Waals surface area contributed by atoms with E-state index in [1.54, 1.807) is 0 Å². The Bertz CT molecular complexity index is 1010. The molecule has 1 saturated heterocycles. The highest BCUT2D eigenvalue weighted by Gasteiger charge is 2.36. The summed E-state index contributed by atoms with van der Waals surface area (Å²) in [4.78, 5) is 13.7. The zero-order valence-electron chi connectivity index (χ0n) is 19.8. The fourth-order valence-electron chi connectivity index (χ4n) is 4.68. The van der Waals surface area contributed by atoms with Crippen molar-refractivity contribution in [2.45, 2.75) is 70.5 Å². The second kappa shape index (κ2) is 9.12. The molecule has 5 heteroatoms. The molecule has 0 atom stereocenters. The molecule has 32 heavy (non-hydrogen) atoms. The molecule has 0 saturated carbocycles. The zero-order valence-corrected chi connectivity index (χ0v) is 20.6. The van der Waals surface area contributed by atoms with Crippen LogP contribution in [0.5, 0.6) is 0 Å². The van der Waals surface area contributed by atoms with E-state index in [9.17, 15) is 4.79 Å². The minimum atomic E-state index is -0.302. The predicted molar refractivity (Wildman–Crippen MR) is 130 cm³/mol. The van der Waals surface area contributed by atoms with Gasteiger partial charge < -0.3 is 14.2 Å². The number of hydrogen-bond acceptors (Lipinski definition) is 5. The first-order chi connectivity index (χ1) is 15.2. The van der Waals surface area contributed by atoms with Crippen LogP contribution in [0.25, 0.3) is 11.6 Å². The van der Waals surface area contributed by atoms with E-state index in [-0.39, 0.29) is 23.1 Å². The lowest BCUT2D eigenvalue weighted by Crippen LogP contribution is -2.33. The van der Waals surface area contributed by atoms with Crippen LogP contribution in [0.3, 0.4) is 0 Å². The van der Waals surface area contributed by atoms with E-state index < -0.39 is 0 Å². The maximum Gasteiger partial charge on any atom is 0.348 e. The fourth-order valence-corrected chi connectivity index (χ4v) is 5.63. The maximum atomic E-state index is 12.0. The summed E-state index contributed by atoms with van der Waals surface area (Å²) in [5.41, 5.74) is 5.54. The second-order valence-corrected chi connectivity index (χ2v) is 11.2. The standard InChI is InChI=1S/C27H34O4S/c1-26(2)11-12-27(3,4)21-16-18(7-8-20(21)26)15-19(17-24-30-13-6-14-31-24)22-9-10-23(32-22)25(28)29-5/h7-10,15-16,24H,6,11-14,17H2,1-5H3. The molecular formula is C27H34O4S. The Balaban J connectivity index is 1.73. The summed E-state index contributed by atoms with van der Waals surface area (Å²) < 4.78 is 16.6. The van der Waals surface area contributed by atoms with Gasteiger partial charge in [-0.3, -0.25) is 0 Å². The van der Waals surface area contributed by atoms with Crippen molar-refractivity contribution in [1.82, 2.24) is 0 Å². The van der Waals surface area contributed by atoms with Crippen LogP contribution >= 0.6 is 11.3 Å². The van der Waals surface area contributed by atoms with Crippen LogP contribution in [0.15, 0.2) is 30.3 Å². The number of carbonyl (C=O) groups is 1. The Labute approximate surface area is 195 Å². The molecule has 2 aromatic rings. The molecule has 1 aromatic carbocycles. The van der Waals surface area contributed by atoms with Gasteiger partial charge in [-0.2, -0.15) is 0 Å². The summed E-state index contributed by atoms with van der Waals surface area (Å²) >= 11 is 1.46. The van der Waals surface area contributed by atoms with Gasteiger partial charge in [-0.05, 0) is 64.5 Å². The van der Waals surface area contributed by atoms with Crippen LogP contribution in [0.4, 0.5) is 0 Å². The SMILES string of the molecule is COC(=O)c1ccc(C(=Cc2ccc3c(c2)C(C)(C)CCC3(C)C)CC2OCCCO2)s1. The fraction of sp³-hybridized carbons (Fsp3) is 0.519. The number of hydrogen-bond donors (Lipinski definition) is 0. The van der Waals surface area contributed by atoms with Gasteiger partial charge >= 0.3 is 5.97 Å². The summed E-state index contributed by atoms with van der Waals surface area (Å²) in [6, 6.07) is 10.7. The molecular weight excluding hydrogens is 420 g/mol. The lowest BCUT2D eigenvalue weighted by Gasteiger charge is -2.42. The third-order valence-corrected chi connectivity index (χ3v) is 7.95. The predicted octanol–water partition coefficient (Wildman–Crippen LogP) is 6.58. The molecule has 2 heterocycles. The minimum absolute atomic E-state index is 0.158. The van der Waals surface area contributed by atoms with Gasteiger partial charge in [0.05, 0.1) is 20.3 Å². The second-order valence-electron chi connectivity index (χ2n) is 10.1. The number of rotatable bonds is 5. The molecule has 2 aliphatic rings. The summed E-state index contributed by atoms with van der Waals surface area (Å²) in [7, 11) is 1.42. The Kier molecular flexibility index (Phi) is 6.62. The number of esters is 1. The Hall–Kier alpha value is -1.95. The van der Waals surface area contributed by atoms with Crippen molar-refractivity contribution in [3.63, 3.8) is 0 Å². The molecule has 1 aliphatic heterocycles. The molecule has 0 spiro atoms. The van der Waals surface area contributed by atoms with Crippen molar-refractivity contribution in [1.29, 1.82) is 0 Å². The Morgan fingerprint density at radius 1 is 1.03 bits per heavy atom. The van der Waals surface area contributed by atoms with Crippen molar-refractivity contribution in [2.75, 3.05) is 20.3 Å². The quantitative estimate of drug-likeness (QED) is 0.479. The third-order valence-electron chi connectivity index (χ3n) is 6.81. The number of ether oxygens (including phenoxy) is 3. The molecule has 0 unspecified atom stereocenters. The summed E-state index contributed by atoms with van der Waals surface area (Å²) in [5.74, 6) is -0.302. The smallest absolute Gasteiger partial charge is 0.348 e. The summed E-state index contributed by atoms with van der Waals surface area (Å²) in [6.07, 6.45) is 5.93. The van der Waals surface area contributed by atoms with E-state index in [4.69, 9.17) is 14.2 Å². The molecule has 0 amide bonds. The van der Waals surface area contributed by atoms with E-state index in [0.29, 0.717) is 11.3 Å². The van der Waals surface area contributed by atoms with Gasteiger partial charge in [-0.15, -0.1) is 11.3 Å². The zero-order chi connectivity index (χ0) is 22.9. The highest BCUT2D eigenvalue weighted by molar-refractivity contribution is 7.15. The molecule has 1 aliphatic carbocycles. The number of benzene rings is 1. The highest BCUT2D eigenvalue weighted by Crippen LogP contribution is 2.46. The lowest BCUT2D eigenvalue weighted by atomic mass is 9.63. The van der Waals surface area contributed by atoms with Crippen molar-refractivity contribution in [3.8, 4) is 0 Å². The topological polar surface area (TPSA) is 44.8 Å². The van der Waals surface area contributed by atoms with Crippen molar-refractivity contribution < 1.29 is 19.0 Å². The first-order valence-corrected chi connectivity index (χ1v) is 12.3. The van der Waals surface area contributed by atoms with Crippen LogP contribution in [-0.4, -0.2) is 32.6 Å². The van der Waals surface area contributed by atoms with E-state index in [1.807, 2.05) is 12.1 Å². The van der Waals surface area contributed by atoms with Gasteiger partial charge in [0.2, 0.25) is 0 Å². The van der Waals surface area contributed by atoms with E-state index in [1.165, 1.54) is 48.0 Å². The molecule has 1 fully saturated rings. The average Bonchev–Trinajstić information content (AvgIpc) is 3.27. The van der Waals surface area contributed by atoms with E-state index in [2.05, 4.69) is 52.0 Å². The van der Waals surface area contributed by atoms with Crippen LogP contribution in [0.2, 0.25) is 0 Å². The van der Waals surface area contributed by atoms with Gasteiger partial charge in [0, 0.05) is 11.3 Å². The molecule has 0 N–H and O–H groups in total. The molecule has 1 aromatic heterocycles. The van der Waals surface area contributed by atoms with Crippen molar-refractivity contribution in [2.24, 2.45) is 0 Å². The molecule has 172 valence electrons. The van der Waals surface area contributed by atoms with Gasteiger partial charge in [0.1, 0.15) is 4.88 Å². The number of methoxy groups -OCH3 is 1. The van der Waals surface area contributed by atoms with Crippen LogP contribution in [-0.2, 0) is 25.0 Å². The maximum absolute atomic E-state index is 12.0. The Morgan fingerprint density at radius 3 is 2.38 bits per heavy atom. The summed E-state index contributed by atoms with van der Waals surface area (Å²) in [5, 5.41) is 0. The molecule has 0 bridgehead atoms. The number of thiophene rings is 1. The van der Waals surface area contributed by atoms with E-state index in [0.717, 1.165) is 30.1 Å². The van der Waals surface area contributed by atoms with Gasteiger partial charge in [-0.25, -0.2) is 4.79 Å². The van der Waals surface area contributed by atoms with Crippen molar-refractivity contribution in [3.05, 3.63) is 56.8 Å². The van der Waals surface area contributed by atoms with E-state index >= 15 is 0 Å². The minimum Gasteiger partial charge on any atom is -0.465 e. The van der Waals surface area contributed by atoms with Crippen LogP contribution in [0.1, 0.15) is 84.6 Å².